The lowest BCUT2D eigenvalue weighted by atomic mass is 10.1. The highest BCUT2D eigenvalue weighted by atomic mass is 79.9. The Hall–Kier alpha value is -1.29. The van der Waals surface area contributed by atoms with Crippen molar-refractivity contribution in [3.63, 3.8) is 0 Å². The van der Waals surface area contributed by atoms with Crippen LogP contribution in [0, 0.1) is 0 Å². The third-order valence-electron chi connectivity index (χ3n) is 3.16. The summed E-state index contributed by atoms with van der Waals surface area (Å²) in [5.41, 5.74) is 0.564. The van der Waals surface area contributed by atoms with E-state index in [4.69, 9.17) is 4.74 Å². The molecule has 1 aromatic rings. The zero-order valence-electron chi connectivity index (χ0n) is 14.1. The quantitative estimate of drug-likeness (QED) is 0.639. The van der Waals surface area contributed by atoms with Gasteiger partial charge in [-0.3, -0.25) is 4.90 Å². The van der Waals surface area contributed by atoms with E-state index in [9.17, 15) is 4.79 Å². The predicted octanol–water partition coefficient (Wildman–Crippen LogP) is 5.54. The second-order valence-electron chi connectivity index (χ2n) is 6.20. The number of nitrogens with zero attached hydrogens (tertiary/aromatic N) is 1. The predicted molar refractivity (Wildman–Crippen MR) is 94.8 cm³/mol. The number of carbonyl (C=O) groups excluding carboxylic acids is 1. The number of benzene rings is 1. The number of allylic oxidation sites excluding steroid dienone is 1. The smallest absolute Gasteiger partial charge is 0.411 e. The van der Waals surface area contributed by atoms with Crippen molar-refractivity contribution in [1.29, 1.82) is 0 Å². The molecular weight excluding hydrogens is 342 g/mol. The summed E-state index contributed by atoms with van der Waals surface area (Å²) in [7, 11) is 0. The molecular formula is C18H26BrNO2. The van der Waals surface area contributed by atoms with Gasteiger partial charge in [-0.15, -0.1) is 0 Å². The lowest BCUT2D eigenvalue weighted by Crippen LogP contribution is -2.42. The van der Waals surface area contributed by atoms with E-state index >= 15 is 0 Å². The van der Waals surface area contributed by atoms with Gasteiger partial charge in [0.15, 0.2) is 0 Å². The summed E-state index contributed by atoms with van der Waals surface area (Å²) in [6.07, 6.45) is 4.58. The largest absolute Gasteiger partial charge is 0.444 e. The minimum absolute atomic E-state index is 0.0203. The zero-order valence-corrected chi connectivity index (χ0v) is 15.7. The summed E-state index contributed by atoms with van der Waals surface area (Å²) >= 11 is 3.55. The van der Waals surface area contributed by atoms with Crippen LogP contribution in [0.25, 0.3) is 0 Å². The van der Waals surface area contributed by atoms with Gasteiger partial charge in [-0.2, -0.15) is 0 Å². The first-order valence-corrected chi connectivity index (χ1v) is 8.43. The average molecular weight is 368 g/mol. The summed E-state index contributed by atoms with van der Waals surface area (Å²) in [6, 6.07) is 7.97. The molecule has 0 saturated carbocycles. The van der Waals surface area contributed by atoms with Crippen molar-refractivity contribution in [2.45, 2.75) is 59.2 Å². The van der Waals surface area contributed by atoms with E-state index in [0.29, 0.717) is 6.54 Å². The molecule has 1 aromatic carbocycles. The Kier molecular flexibility index (Phi) is 7.14. The van der Waals surface area contributed by atoms with Gasteiger partial charge in [0.2, 0.25) is 0 Å². The first-order valence-electron chi connectivity index (χ1n) is 7.64. The molecule has 0 radical (unpaired) electrons. The Balaban J connectivity index is 3.05. The molecule has 0 aromatic heterocycles. The van der Waals surface area contributed by atoms with Crippen molar-refractivity contribution < 1.29 is 9.53 Å². The fourth-order valence-electron chi connectivity index (χ4n) is 2.13. The minimum Gasteiger partial charge on any atom is -0.444 e. The van der Waals surface area contributed by atoms with Crippen LogP contribution < -0.4 is 0 Å². The van der Waals surface area contributed by atoms with Crippen LogP contribution in [-0.4, -0.2) is 22.6 Å². The van der Waals surface area contributed by atoms with Gasteiger partial charge in [-0.1, -0.05) is 53.2 Å². The molecule has 0 fully saturated rings. The van der Waals surface area contributed by atoms with Crippen LogP contribution in [0.5, 0.6) is 0 Å². The molecule has 0 unspecified atom stereocenters. The summed E-state index contributed by atoms with van der Waals surface area (Å²) in [5, 5.41) is 0. The highest BCUT2D eigenvalue weighted by Gasteiger charge is 2.26. The molecule has 1 atom stereocenters. The molecule has 1 rings (SSSR count). The van der Waals surface area contributed by atoms with E-state index in [-0.39, 0.29) is 12.1 Å². The normalized spacial score (nSPS) is 13.2. The maximum atomic E-state index is 12.6. The SMILES string of the molecule is C/C=C\[C@@H](CC)N(Cc1ccccc1Br)C(=O)OC(C)(C)C. The minimum atomic E-state index is -0.503. The monoisotopic (exact) mass is 367 g/mol. The van der Waals surface area contributed by atoms with Crippen LogP contribution in [0.2, 0.25) is 0 Å². The van der Waals surface area contributed by atoms with E-state index < -0.39 is 5.60 Å². The molecule has 22 heavy (non-hydrogen) atoms. The molecule has 0 aliphatic heterocycles. The maximum absolute atomic E-state index is 12.6. The number of hydrogen-bond donors (Lipinski definition) is 0. The zero-order chi connectivity index (χ0) is 16.8. The molecule has 122 valence electrons. The van der Waals surface area contributed by atoms with Crippen LogP contribution in [-0.2, 0) is 11.3 Å². The van der Waals surface area contributed by atoms with E-state index in [0.717, 1.165) is 16.5 Å². The lowest BCUT2D eigenvalue weighted by Gasteiger charge is -2.32. The van der Waals surface area contributed by atoms with Gasteiger partial charge in [0.05, 0.1) is 12.6 Å². The molecule has 0 aliphatic rings. The number of amides is 1. The van der Waals surface area contributed by atoms with Gasteiger partial charge in [0.25, 0.3) is 0 Å². The van der Waals surface area contributed by atoms with Gasteiger partial charge in [-0.25, -0.2) is 4.79 Å². The molecule has 0 spiro atoms. The van der Waals surface area contributed by atoms with E-state index in [1.807, 2.05) is 64.1 Å². The molecule has 1 amide bonds. The fourth-order valence-corrected chi connectivity index (χ4v) is 2.54. The first-order chi connectivity index (χ1) is 10.3. The topological polar surface area (TPSA) is 29.5 Å². The number of ether oxygens (including phenoxy) is 1. The second-order valence-corrected chi connectivity index (χ2v) is 7.06. The van der Waals surface area contributed by atoms with Crippen LogP contribution >= 0.6 is 15.9 Å². The molecule has 3 nitrogen and oxygen atoms in total. The Morgan fingerprint density at radius 3 is 2.50 bits per heavy atom. The number of carbonyl (C=O) groups is 1. The number of halogens is 1. The summed E-state index contributed by atoms with van der Waals surface area (Å²) in [4.78, 5) is 14.4. The number of rotatable bonds is 5. The summed E-state index contributed by atoms with van der Waals surface area (Å²) in [6.45, 7) is 10.2. The highest BCUT2D eigenvalue weighted by Crippen LogP contribution is 2.22. The van der Waals surface area contributed by atoms with Gasteiger partial charge in [0.1, 0.15) is 5.60 Å². The van der Waals surface area contributed by atoms with Gasteiger partial charge >= 0.3 is 6.09 Å². The van der Waals surface area contributed by atoms with Crippen LogP contribution in [0.3, 0.4) is 0 Å². The molecule has 4 heteroatoms. The van der Waals surface area contributed by atoms with Gasteiger partial charge in [-0.05, 0) is 45.7 Å². The van der Waals surface area contributed by atoms with E-state index in [2.05, 4.69) is 22.9 Å². The van der Waals surface area contributed by atoms with Crippen molar-refractivity contribution in [2.75, 3.05) is 0 Å². The summed E-state index contributed by atoms with van der Waals surface area (Å²) in [5.74, 6) is 0. The summed E-state index contributed by atoms with van der Waals surface area (Å²) < 4.78 is 6.58. The maximum Gasteiger partial charge on any atom is 0.411 e. The molecule has 0 saturated heterocycles. The van der Waals surface area contributed by atoms with Crippen molar-refractivity contribution in [3.05, 3.63) is 46.5 Å². The number of hydrogen-bond acceptors (Lipinski definition) is 2. The van der Waals surface area contributed by atoms with Crippen LogP contribution in [0.1, 0.15) is 46.6 Å². The Morgan fingerprint density at radius 2 is 2.00 bits per heavy atom. The van der Waals surface area contributed by atoms with Gasteiger partial charge in [0, 0.05) is 4.47 Å². The molecule has 0 bridgehead atoms. The standard InChI is InChI=1S/C18H26BrNO2/c1-6-10-15(7-2)20(17(21)22-18(3,4)5)13-14-11-8-9-12-16(14)19/h6,8-12,15H,7,13H2,1-5H3/b10-6-/t15-/m1/s1. The Morgan fingerprint density at radius 1 is 1.36 bits per heavy atom. The third kappa shape index (κ3) is 5.84. The third-order valence-corrected chi connectivity index (χ3v) is 3.93. The first kappa shape index (κ1) is 18.8. The van der Waals surface area contributed by atoms with Gasteiger partial charge < -0.3 is 4.74 Å². The van der Waals surface area contributed by atoms with Crippen LogP contribution in [0.4, 0.5) is 4.79 Å². The fraction of sp³-hybridized carbons (Fsp3) is 0.500. The Bertz CT molecular complexity index is 520. The van der Waals surface area contributed by atoms with Crippen molar-refractivity contribution in [3.8, 4) is 0 Å². The van der Waals surface area contributed by atoms with Crippen molar-refractivity contribution in [1.82, 2.24) is 4.90 Å². The van der Waals surface area contributed by atoms with Crippen molar-refractivity contribution >= 4 is 22.0 Å². The molecule has 0 N–H and O–H groups in total. The average Bonchev–Trinajstić information content (AvgIpc) is 2.42. The van der Waals surface area contributed by atoms with Crippen LogP contribution in [0.15, 0.2) is 40.9 Å². The lowest BCUT2D eigenvalue weighted by molar-refractivity contribution is 0.0176. The van der Waals surface area contributed by atoms with E-state index in [1.165, 1.54) is 0 Å². The van der Waals surface area contributed by atoms with Crippen molar-refractivity contribution in [2.24, 2.45) is 0 Å². The second kappa shape index (κ2) is 8.37. The highest BCUT2D eigenvalue weighted by molar-refractivity contribution is 9.10. The molecule has 0 heterocycles. The Labute approximate surface area is 142 Å². The van der Waals surface area contributed by atoms with E-state index in [1.54, 1.807) is 4.90 Å². The molecule has 0 aliphatic carbocycles.